The second kappa shape index (κ2) is 11.2. The summed E-state index contributed by atoms with van der Waals surface area (Å²) >= 11 is 0. The van der Waals surface area contributed by atoms with Crippen molar-refractivity contribution >= 4 is 29.9 Å². The van der Waals surface area contributed by atoms with Crippen LogP contribution >= 0.6 is 24.0 Å². The molecule has 2 saturated carbocycles. The zero-order chi connectivity index (χ0) is 21.0. The van der Waals surface area contributed by atoms with Crippen molar-refractivity contribution in [3.63, 3.8) is 0 Å². The lowest BCUT2D eigenvalue weighted by Gasteiger charge is -2.61. The van der Waals surface area contributed by atoms with Gasteiger partial charge in [-0.2, -0.15) is 0 Å². The van der Waals surface area contributed by atoms with E-state index < -0.39 is 0 Å². The van der Waals surface area contributed by atoms with Gasteiger partial charge in [0, 0.05) is 51.3 Å². The predicted molar refractivity (Wildman–Crippen MR) is 131 cm³/mol. The van der Waals surface area contributed by atoms with Gasteiger partial charge in [0.15, 0.2) is 11.8 Å². The normalized spacial score (nSPS) is 25.5. The molecule has 1 aromatic rings. The summed E-state index contributed by atoms with van der Waals surface area (Å²) in [6.07, 6.45) is 5.25. The van der Waals surface area contributed by atoms with Crippen LogP contribution in [0.25, 0.3) is 0 Å². The lowest BCUT2D eigenvalue weighted by Crippen LogP contribution is -2.68. The third-order valence-electron chi connectivity index (χ3n) is 7.13. The number of guanidine groups is 1. The highest BCUT2D eigenvalue weighted by atomic mass is 127. The molecule has 0 amide bonds. The van der Waals surface area contributed by atoms with E-state index in [1.165, 1.54) is 19.3 Å². The first-order chi connectivity index (χ1) is 14.6. The Kier molecular flexibility index (Phi) is 8.94. The van der Waals surface area contributed by atoms with Crippen molar-refractivity contribution in [2.45, 2.75) is 58.2 Å². The van der Waals surface area contributed by atoms with E-state index in [1.54, 1.807) is 0 Å². The Morgan fingerprint density at radius 2 is 2.06 bits per heavy atom. The molecule has 0 aromatic carbocycles. The highest BCUT2D eigenvalue weighted by molar-refractivity contribution is 14.0. The van der Waals surface area contributed by atoms with Gasteiger partial charge < -0.3 is 24.7 Å². The fourth-order valence-corrected chi connectivity index (χ4v) is 4.85. The first-order valence-corrected chi connectivity index (χ1v) is 11.4. The third-order valence-corrected chi connectivity index (χ3v) is 7.13. The molecule has 2 atom stereocenters. The molecule has 10 heteroatoms. The second-order valence-electron chi connectivity index (χ2n) is 8.73. The molecule has 2 N–H and O–H groups in total. The quantitative estimate of drug-likeness (QED) is 0.290. The van der Waals surface area contributed by atoms with Crippen molar-refractivity contribution in [3.8, 4) is 0 Å². The van der Waals surface area contributed by atoms with Crippen molar-refractivity contribution in [3.05, 3.63) is 11.6 Å². The average Bonchev–Trinajstić information content (AvgIpc) is 3.02. The number of nitrogens with zero attached hydrogens (tertiary/aromatic N) is 5. The summed E-state index contributed by atoms with van der Waals surface area (Å²) in [5.74, 6) is 2.65. The van der Waals surface area contributed by atoms with Gasteiger partial charge in [0.2, 0.25) is 0 Å². The molecule has 9 nitrogen and oxygen atoms in total. The summed E-state index contributed by atoms with van der Waals surface area (Å²) in [7, 11) is 1.99. The molecule has 1 aromatic heterocycles. The molecule has 4 rings (SSSR count). The van der Waals surface area contributed by atoms with Crippen LogP contribution in [0.4, 0.5) is 0 Å². The van der Waals surface area contributed by atoms with Crippen LogP contribution in [0.15, 0.2) is 4.99 Å². The molecule has 176 valence electrons. The van der Waals surface area contributed by atoms with Crippen LogP contribution in [-0.4, -0.2) is 83.8 Å². The summed E-state index contributed by atoms with van der Waals surface area (Å²) in [5, 5.41) is 15.7. The van der Waals surface area contributed by atoms with Crippen molar-refractivity contribution in [2.75, 3.05) is 46.0 Å². The van der Waals surface area contributed by atoms with Crippen molar-refractivity contribution in [2.24, 2.45) is 17.5 Å². The van der Waals surface area contributed by atoms with Gasteiger partial charge >= 0.3 is 0 Å². The maximum Gasteiger partial charge on any atom is 0.191 e. The summed E-state index contributed by atoms with van der Waals surface area (Å²) in [6, 6.07) is 0.429. The Morgan fingerprint density at radius 3 is 2.68 bits per heavy atom. The number of aliphatic imine (C=N–C) groups is 1. The molecular formula is C21H38IN7O2. The minimum atomic E-state index is 0. The van der Waals surface area contributed by atoms with Gasteiger partial charge in [-0.3, -0.25) is 4.90 Å². The fourth-order valence-electron chi connectivity index (χ4n) is 4.85. The second-order valence-corrected chi connectivity index (χ2v) is 8.73. The van der Waals surface area contributed by atoms with E-state index in [2.05, 4.69) is 32.7 Å². The van der Waals surface area contributed by atoms with Crippen LogP contribution in [0.5, 0.6) is 0 Å². The summed E-state index contributed by atoms with van der Waals surface area (Å²) in [4.78, 5) is 7.29. The molecule has 0 radical (unpaired) electrons. The molecule has 3 aliphatic rings. The van der Waals surface area contributed by atoms with E-state index in [0.29, 0.717) is 24.1 Å². The maximum atomic E-state index is 6.02. The number of rotatable bonds is 8. The van der Waals surface area contributed by atoms with E-state index >= 15 is 0 Å². The summed E-state index contributed by atoms with van der Waals surface area (Å²) in [6.45, 7) is 10.9. The molecule has 3 fully saturated rings. The van der Waals surface area contributed by atoms with Crippen LogP contribution in [0.1, 0.15) is 44.3 Å². The molecule has 2 heterocycles. The maximum absolute atomic E-state index is 6.02. The number of aromatic nitrogens is 3. The van der Waals surface area contributed by atoms with Gasteiger partial charge in [-0.05, 0) is 33.1 Å². The largest absolute Gasteiger partial charge is 0.379 e. The molecule has 2 unspecified atom stereocenters. The molecule has 31 heavy (non-hydrogen) atoms. The minimum Gasteiger partial charge on any atom is -0.379 e. The Bertz CT molecular complexity index is 731. The highest BCUT2D eigenvalue weighted by Gasteiger charge is 2.59. The van der Waals surface area contributed by atoms with Crippen LogP contribution in [0.2, 0.25) is 0 Å². The number of halogens is 1. The smallest absolute Gasteiger partial charge is 0.191 e. The zero-order valence-electron chi connectivity index (χ0n) is 19.1. The summed E-state index contributed by atoms with van der Waals surface area (Å²) in [5.41, 5.74) is 0.296. The van der Waals surface area contributed by atoms with Crippen molar-refractivity contribution < 1.29 is 9.47 Å². The number of hydrogen-bond donors (Lipinski definition) is 2. The van der Waals surface area contributed by atoms with E-state index in [-0.39, 0.29) is 24.0 Å². The Morgan fingerprint density at radius 1 is 1.29 bits per heavy atom. The Hall–Kier alpha value is -0.980. The monoisotopic (exact) mass is 547 g/mol. The first kappa shape index (κ1) is 24.7. The minimum absolute atomic E-state index is 0. The van der Waals surface area contributed by atoms with E-state index in [4.69, 9.17) is 14.5 Å². The number of hydrogen-bond acceptors (Lipinski definition) is 6. The number of nitrogens with one attached hydrogen (secondary N) is 2. The van der Waals surface area contributed by atoms with Gasteiger partial charge in [0.1, 0.15) is 12.4 Å². The number of ether oxygens (including phenoxy) is 2. The molecule has 1 spiro atoms. The van der Waals surface area contributed by atoms with Gasteiger partial charge in [-0.25, -0.2) is 4.99 Å². The molecule has 0 bridgehead atoms. The topological polar surface area (TPSA) is 88.8 Å². The Labute approximate surface area is 202 Å². The van der Waals surface area contributed by atoms with Crippen LogP contribution < -0.4 is 10.6 Å². The standard InChI is InChI=1S/C21H37N7O2.HI/c1-4-30-18-14-17(21(18)6-5-7-21)24-20(22-8-9-28-10-12-29-13-11-28)23-15-19-26-25-16(2)27(19)3;/h17-18H,4-15H2,1-3H3,(H2,22,23,24);1H. The first-order valence-electron chi connectivity index (χ1n) is 11.4. The van der Waals surface area contributed by atoms with Gasteiger partial charge in [-0.1, -0.05) is 6.42 Å². The van der Waals surface area contributed by atoms with Gasteiger partial charge in [0.25, 0.3) is 0 Å². The average molecular weight is 547 g/mol. The molecule has 1 aliphatic heterocycles. The molecular weight excluding hydrogens is 509 g/mol. The van der Waals surface area contributed by atoms with Gasteiger partial charge in [-0.15, -0.1) is 34.2 Å². The van der Waals surface area contributed by atoms with Crippen LogP contribution in [-0.2, 0) is 23.1 Å². The third kappa shape index (κ3) is 5.51. The molecule has 2 aliphatic carbocycles. The Balaban J connectivity index is 0.00000272. The van der Waals surface area contributed by atoms with Crippen molar-refractivity contribution in [1.29, 1.82) is 0 Å². The van der Waals surface area contributed by atoms with Crippen LogP contribution in [0, 0.1) is 12.3 Å². The van der Waals surface area contributed by atoms with E-state index in [0.717, 1.165) is 70.0 Å². The fraction of sp³-hybridized carbons (Fsp3) is 0.857. The lowest BCUT2D eigenvalue weighted by atomic mass is 9.51. The van der Waals surface area contributed by atoms with Gasteiger partial charge in [0.05, 0.1) is 19.3 Å². The predicted octanol–water partition coefficient (Wildman–Crippen LogP) is 1.46. The summed E-state index contributed by atoms with van der Waals surface area (Å²) < 4.78 is 13.5. The number of morpholine rings is 1. The van der Waals surface area contributed by atoms with E-state index in [9.17, 15) is 0 Å². The van der Waals surface area contributed by atoms with E-state index in [1.807, 2.05) is 18.5 Å². The number of aryl methyl sites for hydroxylation is 1. The lowest BCUT2D eigenvalue weighted by molar-refractivity contribution is -0.168. The SMILES string of the molecule is CCOC1CC(NC(=NCc2nnc(C)n2C)NCCN2CCOCC2)C12CCC2.I. The molecule has 1 saturated heterocycles. The highest BCUT2D eigenvalue weighted by Crippen LogP contribution is 2.57. The van der Waals surface area contributed by atoms with Crippen LogP contribution in [0.3, 0.4) is 0 Å². The van der Waals surface area contributed by atoms with Crippen molar-refractivity contribution in [1.82, 2.24) is 30.3 Å². The zero-order valence-corrected chi connectivity index (χ0v) is 21.4.